The summed E-state index contributed by atoms with van der Waals surface area (Å²) >= 11 is 7.14. The standard InChI is InChI=1S/C19H14ClN3O3S2/c20-14-5-3-13(4-6-14)12-23-16-7-9-27-19(16)18(24)17(28(23,25)26)11-22-15-2-1-8-21-10-15/h1-11,22H,12H2. The van der Waals surface area contributed by atoms with Gasteiger partial charge in [0.25, 0.3) is 10.0 Å². The van der Waals surface area contributed by atoms with Crippen molar-refractivity contribution in [2.24, 2.45) is 0 Å². The number of benzene rings is 1. The fraction of sp³-hybridized carbons (Fsp3) is 0.0526. The molecule has 9 heteroatoms. The van der Waals surface area contributed by atoms with Crippen LogP contribution in [0.4, 0.5) is 11.4 Å². The van der Waals surface area contributed by atoms with E-state index in [1.165, 1.54) is 21.8 Å². The van der Waals surface area contributed by atoms with Gasteiger partial charge in [0.1, 0.15) is 4.88 Å². The molecule has 0 radical (unpaired) electrons. The minimum atomic E-state index is -4.04. The van der Waals surface area contributed by atoms with Crippen LogP contribution in [0.5, 0.6) is 0 Å². The van der Waals surface area contributed by atoms with Crippen LogP contribution in [0.2, 0.25) is 5.02 Å². The Morgan fingerprint density at radius 3 is 2.68 bits per heavy atom. The molecule has 6 nitrogen and oxygen atoms in total. The van der Waals surface area contributed by atoms with Crippen LogP contribution in [0.1, 0.15) is 15.2 Å². The van der Waals surface area contributed by atoms with Gasteiger partial charge in [-0.05, 0) is 41.3 Å². The third-order valence-corrected chi connectivity index (χ3v) is 7.10. The Morgan fingerprint density at radius 2 is 1.96 bits per heavy atom. The molecule has 142 valence electrons. The number of pyridine rings is 1. The number of Topliss-reactive ketones (excluding diaryl/α,β-unsaturated/α-hetero) is 1. The molecule has 4 rings (SSSR count). The molecule has 0 aliphatic carbocycles. The number of aromatic nitrogens is 1. The van der Waals surface area contributed by atoms with Gasteiger partial charge in [-0.1, -0.05) is 23.7 Å². The van der Waals surface area contributed by atoms with E-state index in [1.807, 2.05) is 0 Å². The summed E-state index contributed by atoms with van der Waals surface area (Å²) in [4.78, 5) is 16.9. The van der Waals surface area contributed by atoms with Gasteiger partial charge in [0.2, 0.25) is 5.78 Å². The molecule has 1 N–H and O–H groups in total. The van der Waals surface area contributed by atoms with Gasteiger partial charge < -0.3 is 5.32 Å². The number of thiophene rings is 1. The highest BCUT2D eigenvalue weighted by molar-refractivity contribution is 7.97. The highest BCUT2D eigenvalue weighted by Gasteiger charge is 2.41. The fourth-order valence-electron chi connectivity index (χ4n) is 2.81. The Kier molecular flexibility index (Phi) is 4.92. The predicted octanol–water partition coefficient (Wildman–Crippen LogP) is 4.28. The van der Waals surface area contributed by atoms with Crippen LogP contribution in [0.15, 0.2) is 71.3 Å². The normalized spacial score (nSPS) is 16.8. The summed E-state index contributed by atoms with van der Waals surface area (Å²) in [5.41, 5.74) is 1.74. The molecule has 0 bridgehead atoms. The van der Waals surface area contributed by atoms with E-state index in [0.29, 0.717) is 21.3 Å². The second-order valence-corrected chi connectivity index (χ2v) is 9.18. The van der Waals surface area contributed by atoms with Crippen LogP contribution in [0, 0.1) is 0 Å². The van der Waals surface area contributed by atoms with Crippen molar-refractivity contribution in [2.75, 3.05) is 9.62 Å². The summed E-state index contributed by atoms with van der Waals surface area (Å²) in [5, 5.41) is 5.13. The van der Waals surface area contributed by atoms with Gasteiger partial charge >= 0.3 is 0 Å². The number of carbonyl (C=O) groups excluding carboxylic acids is 1. The summed E-state index contributed by atoms with van der Waals surface area (Å²) in [6.07, 6.45) is 4.37. The lowest BCUT2D eigenvalue weighted by molar-refractivity contribution is 0.104. The average molecular weight is 432 g/mol. The number of sulfonamides is 1. The van der Waals surface area contributed by atoms with Crippen LogP contribution >= 0.6 is 22.9 Å². The number of nitrogens with one attached hydrogen (secondary N) is 1. The lowest BCUT2D eigenvalue weighted by Crippen LogP contribution is -2.38. The molecule has 0 spiro atoms. The van der Waals surface area contributed by atoms with Gasteiger partial charge in [-0.3, -0.25) is 14.1 Å². The van der Waals surface area contributed by atoms with Crippen molar-refractivity contribution in [3.63, 3.8) is 0 Å². The number of anilines is 2. The van der Waals surface area contributed by atoms with E-state index in [0.717, 1.165) is 5.56 Å². The Bertz CT molecular complexity index is 1160. The van der Waals surface area contributed by atoms with Crippen LogP contribution in [-0.2, 0) is 16.6 Å². The fourth-order valence-corrected chi connectivity index (χ4v) is 5.42. The van der Waals surface area contributed by atoms with Gasteiger partial charge in [0, 0.05) is 17.4 Å². The molecule has 0 saturated carbocycles. The maximum absolute atomic E-state index is 13.2. The Hall–Kier alpha value is -2.68. The summed E-state index contributed by atoms with van der Waals surface area (Å²) in [7, 11) is -4.04. The first-order valence-corrected chi connectivity index (χ1v) is 10.9. The van der Waals surface area contributed by atoms with Gasteiger partial charge in [-0.15, -0.1) is 11.3 Å². The summed E-state index contributed by atoms with van der Waals surface area (Å²) < 4.78 is 27.7. The molecule has 0 atom stereocenters. The molecule has 0 unspecified atom stereocenters. The zero-order valence-electron chi connectivity index (χ0n) is 14.4. The number of allylic oxidation sites excluding steroid dienone is 1. The number of fused-ring (bicyclic) bond motifs is 1. The zero-order valence-corrected chi connectivity index (χ0v) is 16.8. The van der Waals surface area contributed by atoms with Crippen LogP contribution < -0.4 is 9.62 Å². The number of rotatable bonds is 4. The first-order chi connectivity index (χ1) is 13.5. The third kappa shape index (κ3) is 3.42. The molecule has 0 amide bonds. The number of nitrogens with zero attached hydrogens (tertiary/aromatic N) is 2. The van der Waals surface area contributed by atoms with Crippen molar-refractivity contribution in [1.82, 2.24) is 4.98 Å². The minimum Gasteiger partial charge on any atom is -0.359 e. The van der Waals surface area contributed by atoms with E-state index in [4.69, 9.17) is 11.6 Å². The molecule has 2 aromatic heterocycles. The first-order valence-electron chi connectivity index (χ1n) is 8.23. The molecule has 1 aliphatic rings. The maximum Gasteiger partial charge on any atom is 0.270 e. The smallest absolute Gasteiger partial charge is 0.270 e. The van der Waals surface area contributed by atoms with E-state index in [2.05, 4.69) is 10.3 Å². The van der Waals surface area contributed by atoms with E-state index in [9.17, 15) is 13.2 Å². The molecule has 3 aromatic rings. The SMILES string of the molecule is O=C1C(=CNc2cccnc2)S(=O)(=O)N(Cc2ccc(Cl)cc2)c2ccsc21. The molecule has 0 fully saturated rings. The minimum absolute atomic E-state index is 0.0980. The number of ketones is 1. The van der Waals surface area contributed by atoms with Crippen LogP contribution in [0.3, 0.4) is 0 Å². The lowest BCUT2D eigenvalue weighted by atomic mass is 10.2. The van der Waals surface area contributed by atoms with E-state index >= 15 is 0 Å². The molecule has 28 heavy (non-hydrogen) atoms. The quantitative estimate of drug-likeness (QED) is 0.623. The summed E-state index contributed by atoms with van der Waals surface area (Å²) in [6, 6.07) is 12.0. The Labute approximate surface area is 171 Å². The lowest BCUT2D eigenvalue weighted by Gasteiger charge is -2.29. The van der Waals surface area contributed by atoms with Gasteiger partial charge in [-0.2, -0.15) is 0 Å². The molecule has 1 aromatic carbocycles. The highest BCUT2D eigenvalue weighted by atomic mass is 35.5. The molecular weight excluding hydrogens is 418 g/mol. The number of halogens is 1. The number of hydrogen-bond acceptors (Lipinski definition) is 6. The van der Waals surface area contributed by atoms with Crippen molar-refractivity contribution >= 4 is 50.1 Å². The Balaban J connectivity index is 1.75. The number of carbonyl (C=O) groups is 1. The largest absolute Gasteiger partial charge is 0.359 e. The van der Waals surface area contributed by atoms with Crippen LogP contribution in [0.25, 0.3) is 0 Å². The monoisotopic (exact) mass is 431 g/mol. The van der Waals surface area contributed by atoms with E-state index in [1.54, 1.807) is 60.2 Å². The molecule has 0 saturated heterocycles. The summed E-state index contributed by atoms with van der Waals surface area (Å²) in [6.45, 7) is 0.0980. The topological polar surface area (TPSA) is 79.4 Å². The molecular formula is C19H14ClN3O3S2. The van der Waals surface area contributed by atoms with Crippen molar-refractivity contribution in [1.29, 1.82) is 0 Å². The van der Waals surface area contributed by atoms with Crippen LogP contribution in [-0.4, -0.2) is 19.2 Å². The molecule has 1 aliphatic heterocycles. The van der Waals surface area contributed by atoms with E-state index < -0.39 is 15.8 Å². The van der Waals surface area contributed by atoms with Crippen molar-refractivity contribution in [3.8, 4) is 0 Å². The van der Waals surface area contributed by atoms with Crippen molar-refractivity contribution < 1.29 is 13.2 Å². The second-order valence-electron chi connectivity index (χ2n) is 6.00. The molecule has 3 heterocycles. The highest BCUT2D eigenvalue weighted by Crippen LogP contribution is 2.39. The Morgan fingerprint density at radius 1 is 1.18 bits per heavy atom. The first kappa shape index (κ1) is 18.7. The van der Waals surface area contributed by atoms with Gasteiger partial charge in [0.15, 0.2) is 4.91 Å². The third-order valence-electron chi connectivity index (χ3n) is 4.18. The maximum atomic E-state index is 13.2. The summed E-state index contributed by atoms with van der Waals surface area (Å²) in [5.74, 6) is -0.520. The second kappa shape index (κ2) is 7.38. The van der Waals surface area contributed by atoms with Gasteiger partial charge in [0.05, 0.1) is 24.1 Å². The van der Waals surface area contributed by atoms with E-state index in [-0.39, 0.29) is 11.4 Å². The van der Waals surface area contributed by atoms with Gasteiger partial charge in [-0.25, -0.2) is 8.42 Å². The number of hydrogen-bond donors (Lipinski definition) is 1. The predicted molar refractivity (Wildman–Crippen MR) is 111 cm³/mol. The zero-order chi connectivity index (χ0) is 19.7. The average Bonchev–Trinajstić information content (AvgIpc) is 3.17. The van der Waals surface area contributed by atoms with Crippen molar-refractivity contribution in [3.05, 3.63) is 86.8 Å². The van der Waals surface area contributed by atoms with Crippen molar-refractivity contribution in [2.45, 2.75) is 6.54 Å².